The molecule has 1 fully saturated rings. The molecule has 122 valence electrons. The predicted octanol–water partition coefficient (Wildman–Crippen LogP) is 0.722. The Labute approximate surface area is 131 Å². The van der Waals surface area contributed by atoms with E-state index in [0.29, 0.717) is 12.5 Å². The Morgan fingerprint density at radius 1 is 1.50 bits per heavy atom. The van der Waals surface area contributed by atoms with Gasteiger partial charge in [0.15, 0.2) is 0 Å². The number of likely N-dealkylation sites (tertiary alicyclic amines) is 1. The first kappa shape index (κ1) is 16.5. The van der Waals surface area contributed by atoms with Crippen molar-refractivity contribution in [3.63, 3.8) is 0 Å². The Morgan fingerprint density at radius 2 is 2.27 bits per heavy atom. The highest BCUT2D eigenvalue weighted by Gasteiger charge is 2.30. The summed E-state index contributed by atoms with van der Waals surface area (Å²) in [6.07, 6.45) is 4.24. The van der Waals surface area contributed by atoms with Gasteiger partial charge in [0.2, 0.25) is 11.9 Å². The van der Waals surface area contributed by atoms with Crippen LogP contribution in [0, 0.1) is 6.92 Å². The summed E-state index contributed by atoms with van der Waals surface area (Å²) in [5, 5.41) is 3.30. The number of aromatic nitrogens is 2. The van der Waals surface area contributed by atoms with Gasteiger partial charge in [-0.15, -0.1) is 0 Å². The van der Waals surface area contributed by atoms with Crippen LogP contribution in [0.25, 0.3) is 0 Å². The molecule has 0 unspecified atom stereocenters. The van der Waals surface area contributed by atoms with E-state index in [-0.39, 0.29) is 11.9 Å². The third-order valence-corrected chi connectivity index (χ3v) is 4.00. The van der Waals surface area contributed by atoms with Crippen molar-refractivity contribution in [2.45, 2.75) is 32.2 Å². The van der Waals surface area contributed by atoms with E-state index in [4.69, 9.17) is 5.73 Å². The zero-order valence-electron chi connectivity index (χ0n) is 13.7. The van der Waals surface area contributed by atoms with Gasteiger partial charge in [-0.2, -0.15) is 4.98 Å². The number of nitrogen functional groups attached to an aromatic ring is 1. The molecule has 1 aromatic rings. The normalized spacial score (nSPS) is 18.3. The summed E-state index contributed by atoms with van der Waals surface area (Å²) in [4.78, 5) is 24.3. The highest BCUT2D eigenvalue weighted by molar-refractivity contribution is 5.78. The lowest BCUT2D eigenvalue weighted by atomic mass is 10.1. The second-order valence-corrected chi connectivity index (χ2v) is 6.06. The molecule has 1 aliphatic rings. The zero-order chi connectivity index (χ0) is 16.1. The van der Waals surface area contributed by atoms with E-state index in [9.17, 15) is 4.79 Å². The van der Waals surface area contributed by atoms with Gasteiger partial charge in [-0.1, -0.05) is 0 Å². The molecule has 0 bridgehead atoms. The van der Waals surface area contributed by atoms with Crippen molar-refractivity contribution in [1.82, 2.24) is 19.8 Å². The van der Waals surface area contributed by atoms with Gasteiger partial charge in [0.1, 0.15) is 5.82 Å². The third-order valence-electron chi connectivity index (χ3n) is 4.00. The van der Waals surface area contributed by atoms with E-state index >= 15 is 0 Å². The molecule has 7 heteroatoms. The van der Waals surface area contributed by atoms with Crippen LogP contribution in [0.2, 0.25) is 0 Å². The van der Waals surface area contributed by atoms with Gasteiger partial charge < -0.3 is 20.9 Å². The summed E-state index contributed by atoms with van der Waals surface area (Å²) >= 11 is 0. The lowest BCUT2D eigenvalue weighted by Gasteiger charge is -2.26. The molecule has 2 rings (SSSR count). The number of amides is 1. The van der Waals surface area contributed by atoms with Crippen molar-refractivity contribution < 1.29 is 4.79 Å². The Balaban J connectivity index is 1.84. The summed E-state index contributed by atoms with van der Waals surface area (Å²) in [5.41, 5.74) is 6.58. The molecule has 1 aliphatic heterocycles. The Kier molecular flexibility index (Phi) is 5.54. The minimum absolute atomic E-state index is 0.273. The molecule has 1 aromatic heterocycles. The van der Waals surface area contributed by atoms with Crippen LogP contribution < -0.4 is 11.1 Å². The average molecular weight is 306 g/mol. The van der Waals surface area contributed by atoms with Crippen LogP contribution in [-0.4, -0.2) is 65.4 Å². The number of nitrogens with one attached hydrogen (secondary N) is 1. The van der Waals surface area contributed by atoms with Crippen LogP contribution in [0.5, 0.6) is 0 Å². The Hall–Kier alpha value is -1.89. The number of rotatable bonds is 7. The summed E-state index contributed by atoms with van der Waals surface area (Å²) < 4.78 is 0. The highest BCUT2D eigenvalue weighted by Crippen LogP contribution is 2.21. The van der Waals surface area contributed by atoms with Crippen molar-refractivity contribution >= 4 is 17.7 Å². The van der Waals surface area contributed by atoms with E-state index in [0.717, 1.165) is 43.9 Å². The van der Waals surface area contributed by atoms with Gasteiger partial charge >= 0.3 is 0 Å². The van der Waals surface area contributed by atoms with Crippen molar-refractivity contribution in [2.75, 3.05) is 44.8 Å². The molecule has 0 saturated carbocycles. The highest BCUT2D eigenvalue weighted by atomic mass is 16.2. The number of hydrogen-bond donors (Lipinski definition) is 2. The van der Waals surface area contributed by atoms with E-state index in [1.165, 1.54) is 0 Å². The Bertz CT molecular complexity index is 519. The van der Waals surface area contributed by atoms with Crippen molar-refractivity contribution in [1.29, 1.82) is 0 Å². The van der Waals surface area contributed by atoms with Crippen LogP contribution in [0.15, 0.2) is 6.20 Å². The van der Waals surface area contributed by atoms with Crippen molar-refractivity contribution in [2.24, 2.45) is 0 Å². The Morgan fingerprint density at radius 3 is 3.00 bits per heavy atom. The van der Waals surface area contributed by atoms with Gasteiger partial charge in [-0.25, -0.2) is 4.98 Å². The molecule has 7 nitrogen and oxygen atoms in total. The molecule has 0 aromatic carbocycles. The molecule has 2 heterocycles. The fourth-order valence-corrected chi connectivity index (χ4v) is 2.70. The number of likely N-dealkylation sites (N-methyl/N-ethyl adjacent to an activating group) is 1. The second kappa shape index (κ2) is 7.40. The molecule has 0 radical (unpaired) electrons. The first-order valence-electron chi connectivity index (χ1n) is 7.74. The molecular weight excluding hydrogens is 280 g/mol. The molecule has 22 heavy (non-hydrogen) atoms. The SMILES string of the molecule is Cc1cnc(N)nc1NCC[C@@H]1CCC(=O)N1CCN(C)C. The summed E-state index contributed by atoms with van der Waals surface area (Å²) in [5.74, 6) is 1.32. The van der Waals surface area contributed by atoms with Crippen LogP contribution in [-0.2, 0) is 4.79 Å². The third kappa shape index (κ3) is 4.30. The van der Waals surface area contributed by atoms with Gasteiger partial charge in [0, 0.05) is 43.9 Å². The lowest BCUT2D eigenvalue weighted by Crippen LogP contribution is -2.39. The van der Waals surface area contributed by atoms with E-state index < -0.39 is 0 Å². The largest absolute Gasteiger partial charge is 0.370 e. The number of carbonyl (C=O) groups excluding carboxylic acids is 1. The number of nitrogens with zero attached hydrogens (tertiary/aromatic N) is 4. The molecule has 0 spiro atoms. The fraction of sp³-hybridized carbons (Fsp3) is 0.667. The minimum atomic E-state index is 0.273. The summed E-state index contributed by atoms with van der Waals surface area (Å²) in [7, 11) is 4.05. The predicted molar refractivity (Wildman–Crippen MR) is 87.6 cm³/mol. The number of anilines is 2. The molecule has 0 aliphatic carbocycles. The summed E-state index contributed by atoms with van der Waals surface area (Å²) in [6.45, 7) is 4.42. The lowest BCUT2D eigenvalue weighted by molar-refractivity contribution is -0.129. The maximum absolute atomic E-state index is 12.0. The molecule has 1 saturated heterocycles. The monoisotopic (exact) mass is 306 g/mol. The van der Waals surface area contributed by atoms with Gasteiger partial charge in [0.05, 0.1) is 0 Å². The second-order valence-electron chi connectivity index (χ2n) is 6.06. The molecular formula is C15H26N6O. The van der Waals surface area contributed by atoms with Gasteiger partial charge in [0.25, 0.3) is 0 Å². The number of nitrogens with two attached hydrogens (primary N) is 1. The molecule has 3 N–H and O–H groups in total. The van der Waals surface area contributed by atoms with E-state index in [1.807, 2.05) is 25.9 Å². The number of carbonyl (C=O) groups is 1. The van der Waals surface area contributed by atoms with Crippen molar-refractivity contribution in [3.05, 3.63) is 11.8 Å². The smallest absolute Gasteiger partial charge is 0.222 e. The first-order valence-corrected chi connectivity index (χ1v) is 7.74. The van der Waals surface area contributed by atoms with E-state index in [1.54, 1.807) is 6.20 Å². The zero-order valence-corrected chi connectivity index (χ0v) is 13.7. The van der Waals surface area contributed by atoms with Gasteiger partial charge in [-0.3, -0.25) is 4.79 Å². The fourth-order valence-electron chi connectivity index (χ4n) is 2.70. The maximum atomic E-state index is 12.0. The first-order chi connectivity index (χ1) is 10.5. The molecule has 1 atom stereocenters. The van der Waals surface area contributed by atoms with Crippen LogP contribution >= 0.6 is 0 Å². The van der Waals surface area contributed by atoms with E-state index in [2.05, 4.69) is 20.2 Å². The maximum Gasteiger partial charge on any atom is 0.222 e. The minimum Gasteiger partial charge on any atom is -0.370 e. The van der Waals surface area contributed by atoms with Crippen molar-refractivity contribution in [3.8, 4) is 0 Å². The standard InChI is InChI=1S/C15H26N6O/c1-11-10-18-15(16)19-14(11)17-7-6-12-4-5-13(22)21(12)9-8-20(2)3/h10,12H,4-9H2,1-3H3,(H3,16,17,18,19)/t12-/m0/s1. The quantitative estimate of drug-likeness (QED) is 0.772. The number of aryl methyl sites for hydroxylation is 1. The summed E-state index contributed by atoms with van der Waals surface area (Å²) in [6, 6.07) is 0.319. The topological polar surface area (TPSA) is 87.4 Å². The van der Waals surface area contributed by atoms with Crippen LogP contribution in [0.1, 0.15) is 24.8 Å². The van der Waals surface area contributed by atoms with Crippen LogP contribution in [0.4, 0.5) is 11.8 Å². The average Bonchev–Trinajstić information content (AvgIpc) is 2.81. The number of hydrogen-bond acceptors (Lipinski definition) is 6. The van der Waals surface area contributed by atoms with Crippen LogP contribution in [0.3, 0.4) is 0 Å². The van der Waals surface area contributed by atoms with Gasteiger partial charge in [-0.05, 0) is 33.9 Å². The molecule has 1 amide bonds.